The van der Waals surface area contributed by atoms with E-state index in [-0.39, 0.29) is 5.91 Å². The van der Waals surface area contributed by atoms with Crippen molar-refractivity contribution in [1.82, 2.24) is 14.9 Å². The van der Waals surface area contributed by atoms with E-state index in [0.29, 0.717) is 31.0 Å². The van der Waals surface area contributed by atoms with Crippen LogP contribution in [-0.4, -0.2) is 41.5 Å². The van der Waals surface area contributed by atoms with Gasteiger partial charge in [-0.1, -0.05) is 6.07 Å². The van der Waals surface area contributed by atoms with E-state index in [0.717, 1.165) is 34.1 Å². The first kappa shape index (κ1) is 17.3. The van der Waals surface area contributed by atoms with Crippen molar-refractivity contribution in [2.45, 2.75) is 19.4 Å². The third-order valence-corrected chi connectivity index (χ3v) is 4.92. The molecule has 1 amide bonds. The van der Waals surface area contributed by atoms with Gasteiger partial charge in [0, 0.05) is 43.0 Å². The maximum atomic E-state index is 12.8. The molecule has 0 saturated carbocycles. The number of rotatable bonds is 4. The van der Waals surface area contributed by atoms with E-state index >= 15 is 0 Å². The van der Waals surface area contributed by atoms with E-state index in [9.17, 15) is 4.79 Å². The minimum absolute atomic E-state index is 0.0964. The largest absolute Gasteiger partial charge is 0.493 e. The molecule has 0 bridgehead atoms. The number of nitrogens with zero attached hydrogens (tertiary/aromatic N) is 3. The highest BCUT2D eigenvalue weighted by molar-refractivity contribution is 5.81. The Morgan fingerprint density at radius 2 is 2.00 bits per heavy atom. The molecular formula is C21H21N3O3. The Hall–Kier alpha value is -3.15. The standard InChI is InChI=1S/C21H21N3O3/c1-26-19-4-3-14(9-20(19)27-2)10-21(25)24-8-6-18-16(13-24)11-15-12-22-7-5-17(15)23-18/h3-5,7,9,11-12H,6,8,10,13H2,1-2H3. The van der Waals surface area contributed by atoms with Gasteiger partial charge in [0.25, 0.3) is 0 Å². The summed E-state index contributed by atoms with van der Waals surface area (Å²) in [7, 11) is 3.19. The zero-order valence-electron chi connectivity index (χ0n) is 15.4. The summed E-state index contributed by atoms with van der Waals surface area (Å²) in [5, 5.41) is 1.01. The fourth-order valence-electron chi connectivity index (χ4n) is 3.47. The highest BCUT2D eigenvalue weighted by Gasteiger charge is 2.22. The molecule has 3 heterocycles. The molecule has 2 aromatic heterocycles. The number of methoxy groups -OCH3 is 2. The van der Waals surface area contributed by atoms with Gasteiger partial charge >= 0.3 is 0 Å². The van der Waals surface area contributed by atoms with Crippen LogP contribution in [0, 0.1) is 0 Å². The van der Waals surface area contributed by atoms with Gasteiger partial charge in [-0.3, -0.25) is 14.8 Å². The molecule has 0 spiro atoms. The van der Waals surface area contributed by atoms with Crippen LogP contribution in [0.1, 0.15) is 16.8 Å². The molecule has 138 valence electrons. The quantitative estimate of drug-likeness (QED) is 0.713. The average Bonchev–Trinajstić information content (AvgIpc) is 2.71. The first-order chi connectivity index (χ1) is 13.2. The van der Waals surface area contributed by atoms with Crippen LogP contribution in [0.2, 0.25) is 0 Å². The molecule has 0 atom stereocenters. The number of carbonyl (C=O) groups is 1. The Morgan fingerprint density at radius 1 is 1.15 bits per heavy atom. The van der Waals surface area contributed by atoms with Crippen LogP contribution in [0.3, 0.4) is 0 Å². The Kier molecular flexibility index (Phi) is 4.62. The number of aromatic nitrogens is 2. The SMILES string of the molecule is COc1ccc(CC(=O)N2CCc3nc4ccncc4cc3C2)cc1OC. The molecule has 6 nitrogen and oxygen atoms in total. The molecule has 4 rings (SSSR count). The van der Waals surface area contributed by atoms with Crippen LogP contribution in [0.5, 0.6) is 11.5 Å². The van der Waals surface area contributed by atoms with Gasteiger partial charge in [-0.25, -0.2) is 0 Å². The van der Waals surface area contributed by atoms with Gasteiger partial charge < -0.3 is 14.4 Å². The second-order valence-corrected chi connectivity index (χ2v) is 6.59. The van der Waals surface area contributed by atoms with Crippen LogP contribution in [0.25, 0.3) is 10.9 Å². The fourth-order valence-corrected chi connectivity index (χ4v) is 3.47. The van der Waals surface area contributed by atoms with Gasteiger partial charge in [0.15, 0.2) is 11.5 Å². The number of ether oxygens (including phenoxy) is 2. The molecule has 0 N–H and O–H groups in total. The Bertz CT molecular complexity index is 1000. The molecule has 1 aliphatic heterocycles. The van der Waals surface area contributed by atoms with Crippen LogP contribution < -0.4 is 9.47 Å². The molecule has 3 aromatic rings. The van der Waals surface area contributed by atoms with Crippen LogP contribution in [0.4, 0.5) is 0 Å². The third kappa shape index (κ3) is 3.43. The molecule has 0 saturated heterocycles. The maximum absolute atomic E-state index is 12.8. The van der Waals surface area contributed by atoms with Crippen LogP contribution in [0.15, 0.2) is 42.7 Å². The molecule has 0 unspecified atom stereocenters. The Morgan fingerprint density at radius 3 is 2.81 bits per heavy atom. The van der Waals surface area contributed by atoms with Gasteiger partial charge in [-0.05, 0) is 35.4 Å². The monoisotopic (exact) mass is 363 g/mol. The molecule has 6 heteroatoms. The van der Waals surface area contributed by atoms with Crippen molar-refractivity contribution in [2.75, 3.05) is 20.8 Å². The van der Waals surface area contributed by atoms with Crippen LogP contribution in [-0.2, 0) is 24.2 Å². The molecule has 1 aromatic carbocycles. The molecular weight excluding hydrogens is 342 g/mol. The smallest absolute Gasteiger partial charge is 0.227 e. The summed E-state index contributed by atoms with van der Waals surface area (Å²) in [5.41, 5.74) is 4.03. The maximum Gasteiger partial charge on any atom is 0.227 e. The van der Waals surface area contributed by atoms with Gasteiger partial charge in [0.05, 0.1) is 26.2 Å². The number of pyridine rings is 2. The van der Waals surface area contributed by atoms with E-state index in [1.165, 1.54) is 0 Å². The lowest BCUT2D eigenvalue weighted by Gasteiger charge is -2.28. The normalized spacial score (nSPS) is 13.3. The van der Waals surface area contributed by atoms with Crippen molar-refractivity contribution in [3.8, 4) is 11.5 Å². The van der Waals surface area contributed by atoms with Crippen molar-refractivity contribution < 1.29 is 14.3 Å². The molecule has 0 aliphatic carbocycles. The van der Waals surface area contributed by atoms with E-state index in [1.807, 2.05) is 35.4 Å². The number of hydrogen-bond donors (Lipinski definition) is 0. The highest BCUT2D eigenvalue weighted by Crippen LogP contribution is 2.28. The highest BCUT2D eigenvalue weighted by atomic mass is 16.5. The van der Waals surface area contributed by atoms with Crippen molar-refractivity contribution in [3.63, 3.8) is 0 Å². The summed E-state index contributed by atoms with van der Waals surface area (Å²) < 4.78 is 10.6. The summed E-state index contributed by atoms with van der Waals surface area (Å²) in [6.07, 6.45) is 4.67. The minimum Gasteiger partial charge on any atom is -0.493 e. The Balaban J connectivity index is 1.51. The first-order valence-corrected chi connectivity index (χ1v) is 8.89. The lowest BCUT2D eigenvalue weighted by Crippen LogP contribution is -2.37. The molecule has 1 aliphatic rings. The molecule has 27 heavy (non-hydrogen) atoms. The number of carbonyl (C=O) groups excluding carboxylic acids is 1. The molecule has 0 fully saturated rings. The topological polar surface area (TPSA) is 64.5 Å². The zero-order chi connectivity index (χ0) is 18.8. The number of hydrogen-bond acceptors (Lipinski definition) is 5. The summed E-state index contributed by atoms with van der Waals surface area (Å²) in [6.45, 7) is 1.27. The van der Waals surface area contributed by atoms with Crippen molar-refractivity contribution in [1.29, 1.82) is 0 Å². The zero-order valence-corrected chi connectivity index (χ0v) is 15.4. The number of benzene rings is 1. The summed E-state index contributed by atoms with van der Waals surface area (Å²) in [4.78, 5) is 23.6. The number of fused-ring (bicyclic) bond motifs is 2. The lowest BCUT2D eigenvalue weighted by molar-refractivity contribution is -0.131. The predicted molar refractivity (Wildman–Crippen MR) is 102 cm³/mol. The fraction of sp³-hybridized carbons (Fsp3) is 0.286. The minimum atomic E-state index is 0.0964. The van der Waals surface area contributed by atoms with E-state index in [4.69, 9.17) is 14.5 Å². The Labute approximate surface area is 157 Å². The predicted octanol–water partition coefficient (Wildman–Crippen LogP) is 2.77. The van der Waals surface area contributed by atoms with E-state index < -0.39 is 0 Å². The van der Waals surface area contributed by atoms with Crippen LogP contribution >= 0.6 is 0 Å². The van der Waals surface area contributed by atoms with Crippen molar-refractivity contribution >= 4 is 16.8 Å². The summed E-state index contributed by atoms with van der Waals surface area (Å²) >= 11 is 0. The lowest BCUT2D eigenvalue weighted by atomic mass is 10.0. The van der Waals surface area contributed by atoms with Gasteiger partial charge in [-0.2, -0.15) is 0 Å². The second kappa shape index (κ2) is 7.23. The van der Waals surface area contributed by atoms with E-state index in [2.05, 4.69) is 11.1 Å². The average molecular weight is 363 g/mol. The summed E-state index contributed by atoms with van der Waals surface area (Å²) in [6, 6.07) is 9.61. The first-order valence-electron chi connectivity index (χ1n) is 8.89. The van der Waals surface area contributed by atoms with E-state index in [1.54, 1.807) is 20.4 Å². The van der Waals surface area contributed by atoms with Crippen molar-refractivity contribution in [3.05, 3.63) is 59.5 Å². The molecule has 0 radical (unpaired) electrons. The van der Waals surface area contributed by atoms with Gasteiger partial charge in [0.1, 0.15) is 0 Å². The van der Waals surface area contributed by atoms with Crippen molar-refractivity contribution in [2.24, 2.45) is 0 Å². The summed E-state index contributed by atoms with van der Waals surface area (Å²) in [5.74, 6) is 1.39. The van der Waals surface area contributed by atoms with Gasteiger partial charge in [0.2, 0.25) is 5.91 Å². The number of amides is 1. The second-order valence-electron chi connectivity index (χ2n) is 6.59. The van der Waals surface area contributed by atoms with Gasteiger partial charge in [-0.15, -0.1) is 0 Å². The third-order valence-electron chi connectivity index (χ3n) is 4.92.